The lowest BCUT2D eigenvalue weighted by Crippen LogP contribution is -2.40. The molecule has 0 heterocycles. The third-order valence-electron chi connectivity index (χ3n) is 0.993. The summed E-state index contributed by atoms with van der Waals surface area (Å²) in [5.41, 5.74) is 0. The van der Waals surface area contributed by atoms with Crippen molar-refractivity contribution in [2.24, 2.45) is 0 Å². The normalized spacial score (nSPS) is 14.2. The Labute approximate surface area is 75.1 Å². The molecule has 3 N–H and O–H groups in total. The van der Waals surface area contributed by atoms with Gasteiger partial charge in [0.1, 0.15) is 11.9 Å². The Bertz CT molecular complexity index is 248. The number of aliphatic carboxylic acids is 1. The van der Waals surface area contributed by atoms with Gasteiger partial charge < -0.3 is 5.11 Å². The van der Waals surface area contributed by atoms with Crippen LogP contribution in [0.15, 0.2) is 0 Å². The van der Waals surface area contributed by atoms with Gasteiger partial charge in [0.25, 0.3) is 10.1 Å². The summed E-state index contributed by atoms with van der Waals surface area (Å²) in [6.45, 7) is 0. The van der Waals surface area contributed by atoms with Gasteiger partial charge in [-0.2, -0.15) is 21.0 Å². The second-order valence-electron chi connectivity index (χ2n) is 2.00. The molecule has 0 aromatic rings. The summed E-state index contributed by atoms with van der Waals surface area (Å²) in [7, 11) is -4.17. The van der Waals surface area contributed by atoms with Crippen molar-refractivity contribution in [1.82, 2.24) is 5.32 Å². The van der Waals surface area contributed by atoms with Gasteiger partial charge in [0.2, 0.25) is 0 Å². The number of hydrogen-bond donors (Lipinski definition) is 4. The Hall–Kier alpha value is -0.310. The van der Waals surface area contributed by atoms with Crippen LogP contribution in [0, 0.1) is 0 Å². The summed E-state index contributed by atoms with van der Waals surface area (Å²) in [4.78, 5) is 10.3. The second kappa shape index (κ2) is 4.65. The van der Waals surface area contributed by atoms with E-state index < -0.39 is 28.0 Å². The average Bonchev–Trinajstić information content (AvgIpc) is 1.85. The molecule has 0 unspecified atom stereocenters. The fourth-order valence-electron chi connectivity index (χ4n) is 0.436. The van der Waals surface area contributed by atoms with Gasteiger partial charge in [0.15, 0.2) is 0 Å². The zero-order chi connectivity index (χ0) is 9.78. The largest absolute Gasteiger partial charge is 0.480 e. The van der Waals surface area contributed by atoms with E-state index in [4.69, 9.17) is 9.66 Å². The molecule has 0 radical (unpaired) electrons. The average molecular weight is 215 g/mol. The Morgan fingerprint density at radius 3 is 2.33 bits per heavy atom. The summed E-state index contributed by atoms with van der Waals surface area (Å²) in [5, 5.41) is 10.5. The molecule has 0 aromatic carbocycles. The lowest BCUT2D eigenvalue weighted by molar-refractivity contribution is -0.138. The molecule has 12 heavy (non-hydrogen) atoms. The summed E-state index contributed by atoms with van der Waals surface area (Å²) < 4.78 is 28.5. The van der Waals surface area contributed by atoms with E-state index in [2.05, 4.69) is 17.9 Å². The predicted molar refractivity (Wildman–Crippen MR) is 44.8 cm³/mol. The third kappa shape index (κ3) is 5.35. The highest BCUT2D eigenvalue weighted by Gasteiger charge is 2.16. The third-order valence-corrected chi connectivity index (χ3v) is 1.89. The number of hydrogen-bond acceptors (Lipinski definition) is 5. The maximum atomic E-state index is 10.3. The van der Waals surface area contributed by atoms with Gasteiger partial charge >= 0.3 is 5.97 Å². The highest BCUT2D eigenvalue weighted by molar-refractivity contribution is 7.85. The van der Waals surface area contributed by atoms with E-state index in [9.17, 15) is 13.2 Å². The lowest BCUT2D eigenvalue weighted by Gasteiger charge is -2.09. The zero-order valence-corrected chi connectivity index (χ0v) is 7.68. The van der Waals surface area contributed by atoms with E-state index in [1.54, 1.807) is 0 Å². The SMILES string of the molecule is O=C(O)[C@H](CS)NCS(=O)(=O)O. The number of thiol groups is 1. The molecule has 0 aliphatic rings. The molecule has 72 valence electrons. The van der Waals surface area contributed by atoms with Crippen molar-refractivity contribution >= 4 is 28.7 Å². The fourth-order valence-corrected chi connectivity index (χ4v) is 1.13. The van der Waals surface area contributed by atoms with Gasteiger partial charge in [0, 0.05) is 5.75 Å². The minimum Gasteiger partial charge on any atom is -0.480 e. The van der Waals surface area contributed by atoms with Crippen molar-refractivity contribution in [2.45, 2.75) is 6.04 Å². The molecule has 0 aliphatic heterocycles. The molecule has 0 bridgehead atoms. The summed E-state index contributed by atoms with van der Waals surface area (Å²) in [6, 6.07) is -1.07. The van der Waals surface area contributed by atoms with E-state index >= 15 is 0 Å². The lowest BCUT2D eigenvalue weighted by atomic mass is 10.3. The van der Waals surface area contributed by atoms with Gasteiger partial charge in [-0.05, 0) is 0 Å². The second-order valence-corrected chi connectivity index (χ2v) is 3.82. The van der Waals surface area contributed by atoms with E-state index in [0.717, 1.165) is 0 Å². The minimum atomic E-state index is -4.17. The smallest absolute Gasteiger partial charge is 0.321 e. The van der Waals surface area contributed by atoms with Crippen molar-refractivity contribution in [3.63, 3.8) is 0 Å². The first kappa shape index (κ1) is 11.7. The molecule has 0 saturated carbocycles. The highest BCUT2D eigenvalue weighted by atomic mass is 32.2. The summed E-state index contributed by atoms with van der Waals surface area (Å²) >= 11 is 3.66. The van der Waals surface area contributed by atoms with Crippen molar-refractivity contribution in [3.05, 3.63) is 0 Å². The van der Waals surface area contributed by atoms with Crippen molar-refractivity contribution < 1.29 is 22.9 Å². The molecule has 6 nitrogen and oxygen atoms in total. The van der Waals surface area contributed by atoms with Crippen LogP contribution in [0.4, 0.5) is 0 Å². The van der Waals surface area contributed by atoms with E-state index in [0.29, 0.717) is 0 Å². The quantitative estimate of drug-likeness (QED) is 0.339. The van der Waals surface area contributed by atoms with Crippen LogP contribution >= 0.6 is 12.6 Å². The number of nitrogens with one attached hydrogen (secondary N) is 1. The molecule has 0 fully saturated rings. The van der Waals surface area contributed by atoms with Crippen molar-refractivity contribution in [1.29, 1.82) is 0 Å². The van der Waals surface area contributed by atoms with Crippen LogP contribution in [-0.2, 0) is 14.9 Å². The Morgan fingerprint density at radius 1 is 1.58 bits per heavy atom. The fraction of sp³-hybridized carbons (Fsp3) is 0.750. The standard InChI is InChI=1S/C4H9NO5S2/c6-4(7)3(1-11)5-2-12(8,9)10/h3,5,11H,1-2H2,(H,6,7)(H,8,9,10)/t3-/m0/s1. The topological polar surface area (TPSA) is 104 Å². The first-order chi connectivity index (χ1) is 5.37. The van der Waals surface area contributed by atoms with E-state index in [-0.39, 0.29) is 5.75 Å². The number of carboxylic acids is 1. The van der Waals surface area contributed by atoms with E-state index in [1.807, 2.05) is 0 Å². The number of rotatable bonds is 5. The predicted octanol–water partition coefficient (Wildman–Crippen LogP) is -1.20. The minimum absolute atomic E-state index is 0.0507. The molecule has 0 rings (SSSR count). The maximum absolute atomic E-state index is 10.3. The van der Waals surface area contributed by atoms with Crippen LogP contribution in [0.2, 0.25) is 0 Å². The van der Waals surface area contributed by atoms with Crippen molar-refractivity contribution in [2.75, 3.05) is 11.6 Å². The molecule has 0 amide bonds. The van der Waals surface area contributed by atoms with Gasteiger partial charge in [-0.3, -0.25) is 14.7 Å². The zero-order valence-electron chi connectivity index (χ0n) is 5.97. The Morgan fingerprint density at radius 2 is 2.08 bits per heavy atom. The van der Waals surface area contributed by atoms with Crippen LogP contribution in [0.25, 0.3) is 0 Å². The highest BCUT2D eigenvalue weighted by Crippen LogP contribution is 1.89. The Kier molecular flexibility index (Phi) is 4.53. The molecule has 1 atom stereocenters. The van der Waals surface area contributed by atoms with Gasteiger partial charge in [-0.15, -0.1) is 0 Å². The van der Waals surface area contributed by atoms with Gasteiger partial charge in [-0.25, -0.2) is 0 Å². The molecule has 0 aromatic heterocycles. The first-order valence-electron chi connectivity index (χ1n) is 2.89. The van der Waals surface area contributed by atoms with Crippen LogP contribution in [0.1, 0.15) is 0 Å². The monoisotopic (exact) mass is 215 g/mol. The first-order valence-corrected chi connectivity index (χ1v) is 5.13. The van der Waals surface area contributed by atoms with Crippen LogP contribution in [-0.4, -0.2) is 41.7 Å². The summed E-state index contributed by atoms with van der Waals surface area (Å²) in [5.74, 6) is -2.05. The molecule has 0 saturated heterocycles. The van der Waals surface area contributed by atoms with Crippen LogP contribution in [0.5, 0.6) is 0 Å². The Balaban J connectivity index is 3.98. The maximum Gasteiger partial charge on any atom is 0.321 e. The molecule has 8 heteroatoms. The van der Waals surface area contributed by atoms with Crippen LogP contribution < -0.4 is 5.32 Å². The van der Waals surface area contributed by atoms with Crippen molar-refractivity contribution in [3.8, 4) is 0 Å². The molecular weight excluding hydrogens is 206 g/mol. The molecular formula is C4H9NO5S2. The van der Waals surface area contributed by atoms with Gasteiger partial charge in [0.05, 0.1) is 0 Å². The summed E-state index contributed by atoms with van der Waals surface area (Å²) in [6.07, 6.45) is 0. The number of carboxylic acid groups (broad SMARTS) is 1. The van der Waals surface area contributed by atoms with E-state index in [1.165, 1.54) is 0 Å². The molecule has 0 aliphatic carbocycles. The van der Waals surface area contributed by atoms with Gasteiger partial charge in [-0.1, -0.05) is 0 Å². The van der Waals surface area contributed by atoms with Crippen LogP contribution in [0.3, 0.4) is 0 Å². The number of carbonyl (C=O) groups is 1. The molecule has 0 spiro atoms.